The normalized spacial score (nSPS) is 26.4. The van der Waals surface area contributed by atoms with Crippen molar-refractivity contribution < 1.29 is 9.47 Å². The number of ether oxygens (including phenoxy) is 2. The Kier molecular flexibility index (Phi) is 3.29. The van der Waals surface area contributed by atoms with E-state index in [1.807, 2.05) is 6.07 Å². The van der Waals surface area contributed by atoms with E-state index in [9.17, 15) is 0 Å². The number of benzene rings is 1. The Morgan fingerprint density at radius 1 is 1.22 bits per heavy atom. The molecular formula is C16H22O2. The van der Waals surface area contributed by atoms with E-state index in [-0.39, 0.29) is 5.60 Å². The summed E-state index contributed by atoms with van der Waals surface area (Å²) in [5.41, 5.74) is 1.37. The van der Waals surface area contributed by atoms with Crippen LogP contribution in [0.5, 0.6) is 5.75 Å². The Morgan fingerprint density at radius 3 is 2.78 bits per heavy atom. The van der Waals surface area contributed by atoms with Crippen LogP contribution in [-0.2, 0) is 4.74 Å². The lowest BCUT2D eigenvalue weighted by atomic mass is 9.90. The van der Waals surface area contributed by atoms with Crippen molar-refractivity contribution in [1.29, 1.82) is 0 Å². The molecule has 18 heavy (non-hydrogen) atoms. The molecule has 2 nitrogen and oxygen atoms in total. The maximum absolute atomic E-state index is 6.19. The van der Waals surface area contributed by atoms with E-state index in [2.05, 4.69) is 25.1 Å². The lowest BCUT2D eigenvalue weighted by Gasteiger charge is -2.38. The summed E-state index contributed by atoms with van der Waals surface area (Å²) < 4.78 is 12.2. The molecule has 2 fully saturated rings. The Morgan fingerprint density at radius 2 is 2.00 bits per heavy atom. The van der Waals surface area contributed by atoms with Crippen LogP contribution in [0.25, 0.3) is 0 Å². The molecule has 3 rings (SSSR count). The van der Waals surface area contributed by atoms with E-state index in [0.717, 1.165) is 25.2 Å². The first-order valence-corrected chi connectivity index (χ1v) is 7.14. The van der Waals surface area contributed by atoms with Crippen LogP contribution < -0.4 is 4.74 Å². The van der Waals surface area contributed by atoms with Gasteiger partial charge in [-0.1, -0.05) is 31.0 Å². The summed E-state index contributed by atoms with van der Waals surface area (Å²) in [5, 5.41) is 0. The molecule has 1 atom stereocenters. The molecule has 1 spiro atoms. The molecule has 0 radical (unpaired) electrons. The van der Waals surface area contributed by atoms with Gasteiger partial charge in [0, 0.05) is 12.8 Å². The zero-order valence-electron chi connectivity index (χ0n) is 11.2. The van der Waals surface area contributed by atoms with Gasteiger partial charge in [-0.05, 0) is 31.4 Å². The molecule has 2 heteroatoms. The number of hydrogen-bond donors (Lipinski definition) is 0. The number of hydrogen-bond acceptors (Lipinski definition) is 2. The molecule has 1 unspecified atom stereocenters. The van der Waals surface area contributed by atoms with Crippen molar-refractivity contribution in [3.63, 3.8) is 0 Å². The number of aryl methyl sites for hydroxylation is 1. The Balaban J connectivity index is 1.68. The minimum absolute atomic E-state index is 0.144. The Hall–Kier alpha value is -1.02. The smallest absolute Gasteiger partial charge is 0.122 e. The summed E-state index contributed by atoms with van der Waals surface area (Å²) in [6.07, 6.45) is 7.50. The second kappa shape index (κ2) is 4.93. The summed E-state index contributed by atoms with van der Waals surface area (Å²) in [4.78, 5) is 0. The van der Waals surface area contributed by atoms with E-state index in [1.165, 1.54) is 31.2 Å². The topological polar surface area (TPSA) is 18.5 Å². The third-order valence-corrected chi connectivity index (χ3v) is 4.35. The average Bonchev–Trinajstić information content (AvgIpc) is 2.80. The fourth-order valence-electron chi connectivity index (χ4n) is 3.32. The minimum Gasteiger partial charge on any atom is -0.490 e. The lowest BCUT2D eigenvalue weighted by molar-refractivity contribution is -0.108. The first-order chi connectivity index (χ1) is 8.77. The second-order valence-corrected chi connectivity index (χ2v) is 5.74. The molecule has 1 saturated heterocycles. The van der Waals surface area contributed by atoms with Crippen molar-refractivity contribution >= 4 is 0 Å². The van der Waals surface area contributed by atoms with Gasteiger partial charge in [0.05, 0.1) is 12.2 Å². The predicted molar refractivity (Wildman–Crippen MR) is 72.0 cm³/mol. The number of para-hydroxylation sites is 1. The van der Waals surface area contributed by atoms with Gasteiger partial charge in [-0.15, -0.1) is 0 Å². The van der Waals surface area contributed by atoms with Crippen molar-refractivity contribution in [3.8, 4) is 5.75 Å². The summed E-state index contributed by atoms with van der Waals surface area (Å²) >= 11 is 0. The highest BCUT2D eigenvalue weighted by Gasteiger charge is 2.40. The van der Waals surface area contributed by atoms with Gasteiger partial charge in [-0.25, -0.2) is 0 Å². The minimum atomic E-state index is 0.144. The van der Waals surface area contributed by atoms with E-state index in [4.69, 9.17) is 9.47 Å². The van der Waals surface area contributed by atoms with E-state index < -0.39 is 0 Å². The summed E-state index contributed by atoms with van der Waals surface area (Å²) in [5.74, 6) is 1.04. The SMILES string of the molecule is Cc1ccccc1OC1CCOC2(CCCC2)C1. The molecule has 2 aliphatic rings. The summed E-state index contributed by atoms with van der Waals surface area (Å²) in [7, 11) is 0. The highest BCUT2D eigenvalue weighted by atomic mass is 16.5. The van der Waals surface area contributed by atoms with Crippen molar-refractivity contribution in [2.24, 2.45) is 0 Å². The first kappa shape index (κ1) is 12.0. The average molecular weight is 246 g/mol. The van der Waals surface area contributed by atoms with Gasteiger partial charge in [0.15, 0.2) is 0 Å². The van der Waals surface area contributed by atoms with Gasteiger partial charge in [-0.2, -0.15) is 0 Å². The second-order valence-electron chi connectivity index (χ2n) is 5.74. The zero-order valence-corrected chi connectivity index (χ0v) is 11.2. The summed E-state index contributed by atoms with van der Waals surface area (Å²) in [6.45, 7) is 2.97. The van der Waals surface area contributed by atoms with Gasteiger partial charge in [0.2, 0.25) is 0 Å². The van der Waals surface area contributed by atoms with Crippen LogP contribution in [0, 0.1) is 6.92 Å². The predicted octanol–water partition coefficient (Wildman–Crippen LogP) is 3.87. The Bertz CT molecular complexity index is 407. The molecule has 98 valence electrons. The van der Waals surface area contributed by atoms with Crippen molar-refractivity contribution in [3.05, 3.63) is 29.8 Å². The largest absolute Gasteiger partial charge is 0.490 e. The molecule has 1 aliphatic carbocycles. The van der Waals surface area contributed by atoms with Gasteiger partial charge in [-0.3, -0.25) is 0 Å². The molecule has 0 aromatic heterocycles. The van der Waals surface area contributed by atoms with Gasteiger partial charge in [0.1, 0.15) is 11.9 Å². The van der Waals surface area contributed by atoms with Crippen LogP contribution in [0.1, 0.15) is 44.1 Å². The van der Waals surface area contributed by atoms with Crippen LogP contribution in [0.3, 0.4) is 0 Å². The van der Waals surface area contributed by atoms with Crippen LogP contribution >= 0.6 is 0 Å². The van der Waals surface area contributed by atoms with Crippen LogP contribution in [-0.4, -0.2) is 18.3 Å². The first-order valence-electron chi connectivity index (χ1n) is 7.14. The van der Waals surface area contributed by atoms with Gasteiger partial charge >= 0.3 is 0 Å². The van der Waals surface area contributed by atoms with E-state index in [0.29, 0.717) is 6.10 Å². The Labute approximate surface area is 109 Å². The molecule has 0 N–H and O–H groups in total. The third kappa shape index (κ3) is 2.39. The lowest BCUT2D eigenvalue weighted by Crippen LogP contribution is -2.41. The van der Waals surface area contributed by atoms with Crippen molar-refractivity contribution in [2.45, 2.75) is 57.2 Å². The molecular weight excluding hydrogens is 224 g/mol. The monoisotopic (exact) mass is 246 g/mol. The van der Waals surface area contributed by atoms with Crippen LogP contribution in [0.2, 0.25) is 0 Å². The quantitative estimate of drug-likeness (QED) is 0.788. The highest BCUT2D eigenvalue weighted by Crippen LogP contribution is 2.41. The molecule has 0 amide bonds. The molecule has 0 bridgehead atoms. The third-order valence-electron chi connectivity index (χ3n) is 4.35. The van der Waals surface area contributed by atoms with E-state index in [1.54, 1.807) is 0 Å². The molecule has 1 aliphatic heterocycles. The fourth-order valence-corrected chi connectivity index (χ4v) is 3.32. The maximum atomic E-state index is 6.19. The molecule has 1 heterocycles. The molecule has 1 aromatic rings. The van der Waals surface area contributed by atoms with Crippen molar-refractivity contribution in [1.82, 2.24) is 0 Å². The van der Waals surface area contributed by atoms with E-state index >= 15 is 0 Å². The number of rotatable bonds is 2. The standard InChI is InChI=1S/C16H22O2/c1-13-6-2-3-7-15(13)18-14-8-11-17-16(12-14)9-4-5-10-16/h2-3,6-7,14H,4-5,8-12H2,1H3. The highest BCUT2D eigenvalue weighted by molar-refractivity contribution is 5.32. The molecule has 1 saturated carbocycles. The zero-order chi connectivity index (χ0) is 12.4. The van der Waals surface area contributed by atoms with Gasteiger partial charge in [0.25, 0.3) is 0 Å². The van der Waals surface area contributed by atoms with Crippen LogP contribution in [0.15, 0.2) is 24.3 Å². The maximum Gasteiger partial charge on any atom is 0.122 e. The van der Waals surface area contributed by atoms with Gasteiger partial charge < -0.3 is 9.47 Å². The summed E-state index contributed by atoms with van der Waals surface area (Å²) in [6, 6.07) is 8.30. The van der Waals surface area contributed by atoms with Crippen molar-refractivity contribution in [2.75, 3.05) is 6.61 Å². The van der Waals surface area contributed by atoms with Crippen LogP contribution in [0.4, 0.5) is 0 Å². The fraction of sp³-hybridized carbons (Fsp3) is 0.625. The molecule has 1 aromatic carbocycles.